The zero-order valence-electron chi connectivity index (χ0n) is 17.9. The van der Waals surface area contributed by atoms with Gasteiger partial charge in [-0.1, -0.05) is 35.9 Å². The molecule has 0 unspecified atom stereocenters. The second kappa shape index (κ2) is 9.12. The minimum Gasteiger partial charge on any atom is -0.362 e. The van der Waals surface area contributed by atoms with Gasteiger partial charge in [0, 0.05) is 37.4 Å². The Bertz CT molecular complexity index is 874. The molecule has 1 aliphatic heterocycles. The van der Waals surface area contributed by atoms with Gasteiger partial charge in [-0.2, -0.15) is 0 Å². The fourth-order valence-corrected chi connectivity index (χ4v) is 3.76. The summed E-state index contributed by atoms with van der Waals surface area (Å²) >= 11 is 0. The molecule has 2 amide bonds. The number of rotatable bonds is 6. The zero-order valence-corrected chi connectivity index (χ0v) is 17.9. The van der Waals surface area contributed by atoms with Gasteiger partial charge in [0.1, 0.15) is 0 Å². The number of nitrogens with zero attached hydrogens (tertiary/aromatic N) is 2. The first-order valence-corrected chi connectivity index (χ1v) is 10.3. The minimum atomic E-state index is -0.0403. The second-order valence-corrected chi connectivity index (χ2v) is 8.19. The Hall–Kier alpha value is -2.82. The molecule has 5 nitrogen and oxygen atoms in total. The largest absolute Gasteiger partial charge is 0.362 e. The van der Waals surface area contributed by atoms with Crippen molar-refractivity contribution in [1.82, 2.24) is 10.2 Å². The third kappa shape index (κ3) is 5.17. The highest BCUT2D eigenvalue weighted by Crippen LogP contribution is 2.30. The summed E-state index contributed by atoms with van der Waals surface area (Å²) in [6, 6.07) is 14.2. The van der Waals surface area contributed by atoms with Crippen molar-refractivity contribution in [2.45, 2.75) is 46.2 Å². The molecule has 2 aromatic carbocycles. The second-order valence-electron chi connectivity index (χ2n) is 8.19. The van der Waals surface area contributed by atoms with Gasteiger partial charge in [-0.15, -0.1) is 0 Å². The van der Waals surface area contributed by atoms with E-state index in [0.29, 0.717) is 13.1 Å². The van der Waals surface area contributed by atoms with Crippen LogP contribution in [-0.2, 0) is 17.8 Å². The summed E-state index contributed by atoms with van der Waals surface area (Å²) in [7, 11) is 1.85. The molecular weight excluding hydrogens is 362 g/mol. The van der Waals surface area contributed by atoms with Crippen LogP contribution >= 0.6 is 0 Å². The molecule has 0 atom stereocenters. The zero-order chi connectivity index (χ0) is 21.0. The summed E-state index contributed by atoms with van der Waals surface area (Å²) in [5.41, 5.74) is 5.11. The molecule has 0 aromatic heterocycles. The van der Waals surface area contributed by atoms with Crippen molar-refractivity contribution in [2.24, 2.45) is 0 Å². The van der Waals surface area contributed by atoms with E-state index in [1.54, 1.807) is 4.90 Å². The van der Waals surface area contributed by atoms with E-state index in [2.05, 4.69) is 41.4 Å². The molecule has 1 heterocycles. The molecule has 1 aliphatic rings. The van der Waals surface area contributed by atoms with Crippen molar-refractivity contribution in [1.29, 1.82) is 0 Å². The van der Waals surface area contributed by atoms with Crippen LogP contribution in [0.1, 0.15) is 47.3 Å². The van der Waals surface area contributed by atoms with Gasteiger partial charge in [-0.05, 0) is 56.9 Å². The topological polar surface area (TPSA) is 52.7 Å². The van der Waals surface area contributed by atoms with Crippen molar-refractivity contribution in [3.05, 3.63) is 64.7 Å². The monoisotopic (exact) mass is 393 g/mol. The van der Waals surface area contributed by atoms with E-state index in [1.165, 1.54) is 5.56 Å². The van der Waals surface area contributed by atoms with Crippen molar-refractivity contribution in [3.8, 4) is 0 Å². The number of anilines is 1. The van der Waals surface area contributed by atoms with E-state index < -0.39 is 0 Å². The Morgan fingerprint density at radius 2 is 1.86 bits per heavy atom. The number of aryl methyl sites for hydroxylation is 1. The van der Waals surface area contributed by atoms with Gasteiger partial charge in [0.15, 0.2) is 0 Å². The highest BCUT2D eigenvalue weighted by Gasteiger charge is 2.24. The van der Waals surface area contributed by atoms with E-state index in [9.17, 15) is 9.59 Å². The highest BCUT2D eigenvalue weighted by atomic mass is 16.2. The van der Waals surface area contributed by atoms with Crippen LogP contribution < -0.4 is 10.2 Å². The van der Waals surface area contributed by atoms with E-state index >= 15 is 0 Å². The molecule has 2 aromatic rings. The van der Waals surface area contributed by atoms with Crippen molar-refractivity contribution < 1.29 is 9.59 Å². The summed E-state index contributed by atoms with van der Waals surface area (Å²) in [4.78, 5) is 29.3. The van der Waals surface area contributed by atoms with Gasteiger partial charge in [0.05, 0.1) is 6.54 Å². The maximum Gasteiger partial charge on any atom is 0.251 e. The number of carbonyl (C=O) groups is 2. The van der Waals surface area contributed by atoms with Crippen molar-refractivity contribution >= 4 is 17.5 Å². The first kappa shape index (κ1) is 20.9. The molecule has 1 N–H and O–H groups in total. The standard InChI is InChI=1S/C24H31N3O2/c1-17(2)25-24(29)21-7-5-9-22-20(21)8-6-14-27(22)16-23(28)26(4)15-19-12-10-18(3)11-13-19/h5,7,9-13,17H,6,8,14-16H2,1-4H3,(H,25,29). The molecule has 0 fully saturated rings. The molecule has 0 radical (unpaired) electrons. The number of benzene rings is 2. The van der Waals surface area contributed by atoms with E-state index in [1.807, 2.05) is 39.1 Å². The number of amides is 2. The fraction of sp³-hybridized carbons (Fsp3) is 0.417. The first-order valence-electron chi connectivity index (χ1n) is 10.3. The normalized spacial score (nSPS) is 13.2. The van der Waals surface area contributed by atoms with Crippen LogP contribution in [0.4, 0.5) is 5.69 Å². The molecule has 0 saturated heterocycles. The third-order valence-corrected chi connectivity index (χ3v) is 5.30. The summed E-state index contributed by atoms with van der Waals surface area (Å²) in [5.74, 6) is 0.0389. The van der Waals surface area contributed by atoms with Gasteiger partial charge in [0.2, 0.25) is 5.91 Å². The summed E-state index contributed by atoms with van der Waals surface area (Å²) in [6.45, 7) is 7.72. The van der Waals surface area contributed by atoms with Crippen LogP contribution in [0.2, 0.25) is 0 Å². The Morgan fingerprint density at radius 3 is 2.55 bits per heavy atom. The lowest BCUT2D eigenvalue weighted by atomic mass is 9.95. The van der Waals surface area contributed by atoms with Crippen molar-refractivity contribution in [3.63, 3.8) is 0 Å². The molecule has 0 aliphatic carbocycles. The lowest BCUT2D eigenvalue weighted by Crippen LogP contribution is -2.41. The van der Waals surface area contributed by atoms with E-state index in [4.69, 9.17) is 0 Å². The van der Waals surface area contributed by atoms with Crippen LogP contribution in [0.3, 0.4) is 0 Å². The van der Waals surface area contributed by atoms with Crippen LogP contribution in [0.25, 0.3) is 0 Å². The van der Waals surface area contributed by atoms with Crippen LogP contribution in [0.15, 0.2) is 42.5 Å². The summed E-state index contributed by atoms with van der Waals surface area (Å²) in [6.07, 6.45) is 1.80. The molecular formula is C24H31N3O2. The number of carbonyl (C=O) groups excluding carboxylic acids is 2. The number of nitrogens with one attached hydrogen (secondary N) is 1. The van der Waals surface area contributed by atoms with Crippen LogP contribution in [0.5, 0.6) is 0 Å². The minimum absolute atomic E-state index is 0.0403. The molecule has 0 bridgehead atoms. The van der Waals surface area contributed by atoms with Crippen molar-refractivity contribution in [2.75, 3.05) is 25.0 Å². The molecule has 154 valence electrons. The van der Waals surface area contributed by atoms with Crippen LogP contribution in [-0.4, -0.2) is 42.9 Å². The predicted molar refractivity (Wildman–Crippen MR) is 117 cm³/mol. The Morgan fingerprint density at radius 1 is 1.14 bits per heavy atom. The number of hydrogen-bond donors (Lipinski definition) is 1. The van der Waals surface area contributed by atoms with Gasteiger partial charge >= 0.3 is 0 Å². The van der Waals surface area contributed by atoms with Gasteiger partial charge < -0.3 is 15.1 Å². The highest BCUT2D eigenvalue weighted by molar-refractivity contribution is 5.97. The van der Waals surface area contributed by atoms with E-state index in [0.717, 1.165) is 41.8 Å². The lowest BCUT2D eigenvalue weighted by molar-refractivity contribution is -0.129. The first-order chi connectivity index (χ1) is 13.8. The molecule has 5 heteroatoms. The lowest BCUT2D eigenvalue weighted by Gasteiger charge is -2.33. The number of hydrogen-bond acceptors (Lipinski definition) is 3. The smallest absolute Gasteiger partial charge is 0.251 e. The Balaban J connectivity index is 1.72. The maximum atomic E-state index is 12.9. The number of likely N-dealkylation sites (N-methyl/N-ethyl adjacent to an activating group) is 1. The molecule has 29 heavy (non-hydrogen) atoms. The molecule has 0 spiro atoms. The van der Waals surface area contributed by atoms with Gasteiger partial charge in [-0.3, -0.25) is 9.59 Å². The average Bonchev–Trinajstić information content (AvgIpc) is 2.69. The molecule has 3 rings (SSSR count). The Kier molecular flexibility index (Phi) is 6.57. The third-order valence-electron chi connectivity index (χ3n) is 5.30. The number of fused-ring (bicyclic) bond motifs is 1. The van der Waals surface area contributed by atoms with Gasteiger partial charge in [-0.25, -0.2) is 0 Å². The quantitative estimate of drug-likeness (QED) is 0.817. The molecule has 0 saturated carbocycles. The fourth-order valence-electron chi connectivity index (χ4n) is 3.76. The SMILES string of the molecule is Cc1ccc(CN(C)C(=O)CN2CCCc3c(C(=O)NC(C)C)cccc32)cc1. The van der Waals surface area contributed by atoms with Crippen LogP contribution in [0, 0.1) is 6.92 Å². The Labute approximate surface area is 173 Å². The van der Waals surface area contributed by atoms with E-state index in [-0.39, 0.29) is 17.9 Å². The summed E-state index contributed by atoms with van der Waals surface area (Å²) < 4.78 is 0. The maximum absolute atomic E-state index is 12.9. The average molecular weight is 394 g/mol. The predicted octanol–water partition coefficient (Wildman–Crippen LogP) is 3.54. The van der Waals surface area contributed by atoms with Gasteiger partial charge in [0.25, 0.3) is 5.91 Å². The summed E-state index contributed by atoms with van der Waals surface area (Å²) in [5, 5.41) is 2.98.